The zero-order valence-electron chi connectivity index (χ0n) is 12.4. The number of nitrogens with two attached hydrogens (primary N) is 1. The SMILES string of the molecule is CC(C)c1nc2cc(N)ccc2n1CC1CCS(=O)(=O)C1. The van der Waals surface area contributed by atoms with Gasteiger partial charge in [-0.3, -0.25) is 0 Å². The standard InChI is InChI=1S/C15H21N3O2S/c1-10(2)15-17-13-7-12(16)3-4-14(13)18(15)8-11-5-6-21(19,20)9-11/h3-4,7,10-11H,5-6,8-9,16H2,1-2H3. The van der Waals surface area contributed by atoms with Crippen molar-refractivity contribution < 1.29 is 8.42 Å². The van der Waals surface area contributed by atoms with Gasteiger partial charge in [0.15, 0.2) is 9.84 Å². The molecule has 3 rings (SSSR count). The third kappa shape index (κ3) is 2.77. The number of rotatable bonds is 3. The van der Waals surface area contributed by atoms with Crippen LogP contribution in [0.15, 0.2) is 18.2 Å². The van der Waals surface area contributed by atoms with Crippen molar-refractivity contribution in [3.05, 3.63) is 24.0 Å². The van der Waals surface area contributed by atoms with Gasteiger partial charge < -0.3 is 10.3 Å². The first-order valence-electron chi connectivity index (χ1n) is 7.32. The maximum Gasteiger partial charge on any atom is 0.150 e. The normalized spacial score (nSPS) is 21.4. The molecule has 1 atom stereocenters. The molecule has 0 saturated carbocycles. The molecule has 0 aliphatic carbocycles. The fourth-order valence-corrected chi connectivity index (χ4v) is 4.92. The second kappa shape index (κ2) is 5.02. The summed E-state index contributed by atoms with van der Waals surface area (Å²) in [5.41, 5.74) is 8.46. The van der Waals surface area contributed by atoms with Crippen LogP contribution < -0.4 is 5.73 Å². The Balaban J connectivity index is 2.02. The molecule has 0 spiro atoms. The summed E-state index contributed by atoms with van der Waals surface area (Å²) in [7, 11) is -2.85. The first-order valence-corrected chi connectivity index (χ1v) is 9.14. The number of hydrogen-bond acceptors (Lipinski definition) is 4. The summed E-state index contributed by atoms with van der Waals surface area (Å²) in [6.07, 6.45) is 0.745. The van der Waals surface area contributed by atoms with Gasteiger partial charge in [0.25, 0.3) is 0 Å². The van der Waals surface area contributed by atoms with Crippen LogP contribution in [0, 0.1) is 5.92 Å². The zero-order chi connectivity index (χ0) is 15.2. The number of benzene rings is 1. The molecule has 1 aliphatic heterocycles. The van der Waals surface area contributed by atoms with E-state index < -0.39 is 9.84 Å². The lowest BCUT2D eigenvalue weighted by Crippen LogP contribution is -2.15. The summed E-state index contributed by atoms with van der Waals surface area (Å²) in [5, 5.41) is 0. The molecule has 1 aromatic carbocycles. The molecular weight excluding hydrogens is 286 g/mol. The number of aromatic nitrogens is 2. The van der Waals surface area contributed by atoms with Crippen LogP contribution in [0.1, 0.15) is 32.0 Å². The number of nitrogens with zero attached hydrogens (tertiary/aromatic N) is 2. The van der Waals surface area contributed by atoms with E-state index in [1.54, 1.807) is 0 Å². The maximum absolute atomic E-state index is 11.7. The Hall–Kier alpha value is -1.56. The zero-order valence-corrected chi connectivity index (χ0v) is 13.2. The van der Waals surface area contributed by atoms with Gasteiger partial charge in [-0.25, -0.2) is 13.4 Å². The van der Waals surface area contributed by atoms with Crippen LogP contribution in [0.25, 0.3) is 11.0 Å². The molecule has 2 N–H and O–H groups in total. The highest BCUT2D eigenvalue weighted by atomic mass is 32.2. The number of anilines is 1. The molecule has 114 valence electrons. The number of fused-ring (bicyclic) bond motifs is 1. The molecule has 0 radical (unpaired) electrons. The molecule has 1 aliphatic rings. The van der Waals surface area contributed by atoms with Gasteiger partial charge in [-0.1, -0.05) is 13.8 Å². The Morgan fingerprint density at radius 3 is 2.81 bits per heavy atom. The average Bonchev–Trinajstić information content (AvgIpc) is 2.90. The lowest BCUT2D eigenvalue weighted by molar-refractivity contribution is 0.480. The Morgan fingerprint density at radius 2 is 2.19 bits per heavy atom. The molecule has 2 aromatic rings. The van der Waals surface area contributed by atoms with E-state index >= 15 is 0 Å². The first kappa shape index (κ1) is 14.4. The van der Waals surface area contributed by atoms with Crippen LogP contribution in [-0.4, -0.2) is 29.5 Å². The summed E-state index contributed by atoms with van der Waals surface area (Å²) in [6, 6.07) is 5.73. The van der Waals surface area contributed by atoms with Crippen molar-refractivity contribution in [3.8, 4) is 0 Å². The van der Waals surface area contributed by atoms with Gasteiger partial charge in [-0.2, -0.15) is 0 Å². The predicted molar refractivity (Wildman–Crippen MR) is 85.0 cm³/mol. The van der Waals surface area contributed by atoms with Crippen molar-refractivity contribution in [2.45, 2.75) is 32.7 Å². The van der Waals surface area contributed by atoms with Crippen molar-refractivity contribution in [1.82, 2.24) is 9.55 Å². The summed E-state index contributed by atoms with van der Waals surface area (Å²) in [6.45, 7) is 4.92. The van der Waals surface area contributed by atoms with Gasteiger partial charge in [0.1, 0.15) is 5.82 Å². The number of sulfone groups is 1. The Morgan fingerprint density at radius 1 is 1.43 bits per heavy atom. The van der Waals surface area contributed by atoms with Crippen molar-refractivity contribution in [1.29, 1.82) is 0 Å². The van der Waals surface area contributed by atoms with Crippen LogP contribution >= 0.6 is 0 Å². The van der Waals surface area contributed by atoms with E-state index in [0.29, 0.717) is 23.7 Å². The average molecular weight is 307 g/mol. The van der Waals surface area contributed by atoms with Gasteiger partial charge in [0, 0.05) is 18.2 Å². The molecule has 21 heavy (non-hydrogen) atoms. The van der Waals surface area contributed by atoms with Crippen LogP contribution in [0.3, 0.4) is 0 Å². The fourth-order valence-electron chi connectivity index (χ4n) is 3.07. The highest BCUT2D eigenvalue weighted by Gasteiger charge is 2.29. The number of imidazole rings is 1. The van der Waals surface area contributed by atoms with Crippen molar-refractivity contribution in [2.24, 2.45) is 5.92 Å². The molecule has 5 nitrogen and oxygen atoms in total. The maximum atomic E-state index is 11.7. The van der Waals surface area contributed by atoms with Crippen molar-refractivity contribution in [2.75, 3.05) is 17.2 Å². The van der Waals surface area contributed by atoms with Crippen LogP contribution in [0.2, 0.25) is 0 Å². The fraction of sp³-hybridized carbons (Fsp3) is 0.533. The highest BCUT2D eigenvalue weighted by Crippen LogP contribution is 2.27. The molecule has 1 saturated heterocycles. The lowest BCUT2D eigenvalue weighted by Gasteiger charge is -2.15. The minimum atomic E-state index is -2.85. The van der Waals surface area contributed by atoms with E-state index in [-0.39, 0.29) is 11.8 Å². The Labute approximate surface area is 125 Å². The van der Waals surface area contributed by atoms with E-state index in [0.717, 1.165) is 23.3 Å². The van der Waals surface area contributed by atoms with Gasteiger partial charge in [0.05, 0.1) is 22.5 Å². The van der Waals surface area contributed by atoms with Gasteiger partial charge in [-0.05, 0) is 30.5 Å². The third-order valence-corrected chi connectivity index (χ3v) is 5.92. The summed E-state index contributed by atoms with van der Waals surface area (Å²) >= 11 is 0. The second-order valence-corrected chi connectivity index (χ2v) is 8.48. The van der Waals surface area contributed by atoms with Crippen molar-refractivity contribution in [3.63, 3.8) is 0 Å². The van der Waals surface area contributed by atoms with E-state index in [4.69, 9.17) is 5.73 Å². The smallest absolute Gasteiger partial charge is 0.150 e. The summed E-state index contributed by atoms with van der Waals surface area (Å²) in [5.74, 6) is 2.08. The molecule has 1 unspecified atom stereocenters. The molecule has 1 fully saturated rings. The van der Waals surface area contributed by atoms with Crippen LogP contribution in [0.5, 0.6) is 0 Å². The molecule has 6 heteroatoms. The molecule has 0 bridgehead atoms. The first-order chi connectivity index (χ1) is 9.85. The van der Waals surface area contributed by atoms with Gasteiger partial charge >= 0.3 is 0 Å². The second-order valence-electron chi connectivity index (χ2n) is 6.25. The minimum Gasteiger partial charge on any atom is -0.399 e. The Kier molecular flexibility index (Phi) is 3.43. The molecule has 1 aromatic heterocycles. The lowest BCUT2D eigenvalue weighted by atomic mass is 10.1. The van der Waals surface area contributed by atoms with Crippen molar-refractivity contribution >= 4 is 26.6 Å². The molecule has 0 amide bonds. The topological polar surface area (TPSA) is 78.0 Å². The quantitative estimate of drug-likeness (QED) is 0.882. The van der Waals surface area contributed by atoms with Crippen LogP contribution in [0.4, 0.5) is 5.69 Å². The predicted octanol–water partition coefficient (Wildman–Crippen LogP) is 2.18. The monoisotopic (exact) mass is 307 g/mol. The van der Waals surface area contributed by atoms with Gasteiger partial charge in [-0.15, -0.1) is 0 Å². The van der Waals surface area contributed by atoms with E-state index in [1.165, 1.54) is 0 Å². The molecule has 2 heterocycles. The minimum absolute atomic E-state index is 0.183. The summed E-state index contributed by atoms with van der Waals surface area (Å²) < 4.78 is 25.5. The Bertz CT molecular complexity index is 778. The number of hydrogen-bond donors (Lipinski definition) is 1. The third-order valence-electron chi connectivity index (χ3n) is 4.09. The highest BCUT2D eigenvalue weighted by molar-refractivity contribution is 7.91. The summed E-state index contributed by atoms with van der Waals surface area (Å²) in [4.78, 5) is 4.68. The van der Waals surface area contributed by atoms with Crippen LogP contribution in [-0.2, 0) is 16.4 Å². The number of nitrogen functional groups attached to an aromatic ring is 1. The molecular formula is C15H21N3O2S. The van der Waals surface area contributed by atoms with E-state index in [2.05, 4.69) is 23.4 Å². The van der Waals surface area contributed by atoms with Gasteiger partial charge in [0.2, 0.25) is 0 Å². The largest absolute Gasteiger partial charge is 0.399 e. The van der Waals surface area contributed by atoms with E-state index in [9.17, 15) is 8.42 Å². The van der Waals surface area contributed by atoms with E-state index in [1.807, 2.05) is 18.2 Å².